The quantitative estimate of drug-likeness (QED) is 0.196. The minimum Gasteiger partial charge on any atom is -0.507 e. The molecule has 0 radical (unpaired) electrons. The molecule has 222 valence electrons. The van der Waals surface area contributed by atoms with Gasteiger partial charge in [0.05, 0.1) is 14.2 Å². The predicted octanol–water partition coefficient (Wildman–Crippen LogP) is 8.22. The van der Waals surface area contributed by atoms with Crippen LogP contribution in [0, 0.1) is 0 Å². The number of aliphatic hydroxyl groups is 1. The van der Waals surface area contributed by atoms with Crippen molar-refractivity contribution < 1.29 is 24.4 Å². The van der Waals surface area contributed by atoms with E-state index >= 15 is 0 Å². The molecule has 0 aromatic heterocycles. The van der Waals surface area contributed by atoms with E-state index in [2.05, 4.69) is 0 Å². The van der Waals surface area contributed by atoms with E-state index in [-0.39, 0.29) is 5.75 Å². The molecule has 6 aromatic rings. The Hall–Kier alpha value is -5.52. The normalized spacial score (nSPS) is 13.8. The molecule has 0 amide bonds. The fraction of sp³-hybridized carbons (Fsp3) is 0.100. The highest BCUT2D eigenvalue weighted by Gasteiger charge is 2.47. The van der Waals surface area contributed by atoms with Gasteiger partial charge in [0.1, 0.15) is 28.6 Å². The molecule has 0 saturated heterocycles. The van der Waals surface area contributed by atoms with Crippen molar-refractivity contribution in [2.45, 2.75) is 11.2 Å². The van der Waals surface area contributed by atoms with Crippen LogP contribution in [-0.4, -0.2) is 24.4 Å². The molecule has 45 heavy (non-hydrogen) atoms. The molecule has 1 aliphatic heterocycles. The minimum absolute atomic E-state index is 0.101. The lowest BCUT2D eigenvalue weighted by atomic mass is 9.71. The number of hydrogen-bond donors (Lipinski definition) is 2. The Morgan fingerprint density at radius 3 is 1.56 bits per heavy atom. The molecule has 5 nitrogen and oxygen atoms in total. The van der Waals surface area contributed by atoms with Crippen molar-refractivity contribution in [3.8, 4) is 23.0 Å². The van der Waals surface area contributed by atoms with E-state index in [0.29, 0.717) is 44.9 Å². The summed E-state index contributed by atoms with van der Waals surface area (Å²) in [7, 11) is 3.27. The van der Waals surface area contributed by atoms with Gasteiger partial charge in [-0.3, -0.25) is 0 Å². The maximum Gasteiger partial charge on any atom is 0.178 e. The van der Waals surface area contributed by atoms with Crippen molar-refractivity contribution in [2.75, 3.05) is 14.2 Å². The Morgan fingerprint density at radius 2 is 1.07 bits per heavy atom. The van der Waals surface area contributed by atoms with Crippen molar-refractivity contribution in [1.29, 1.82) is 0 Å². The van der Waals surface area contributed by atoms with E-state index in [0.717, 1.165) is 16.5 Å². The van der Waals surface area contributed by atoms with E-state index in [4.69, 9.17) is 14.2 Å². The highest BCUT2D eigenvalue weighted by molar-refractivity contribution is 6.00. The van der Waals surface area contributed by atoms with Crippen LogP contribution < -0.4 is 14.2 Å². The monoisotopic (exact) mass is 592 g/mol. The summed E-state index contributed by atoms with van der Waals surface area (Å²) >= 11 is 0. The number of phenolic OH excluding ortho intramolecular Hbond substituents is 1. The van der Waals surface area contributed by atoms with Crippen molar-refractivity contribution in [1.82, 2.24) is 0 Å². The molecule has 0 atom stereocenters. The van der Waals surface area contributed by atoms with Crippen LogP contribution in [-0.2, 0) is 11.2 Å². The maximum absolute atomic E-state index is 13.2. The Labute approximate surface area is 262 Å². The number of methoxy groups -OCH3 is 2. The van der Waals surface area contributed by atoms with Crippen molar-refractivity contribution in [3.05, 3.63) is 173 Å². The molecule has 0 bridgehead atoms. The minimum atomic E-state index is -1.62. The van der Waals surface area contributed by atoms with Gasteiger partial charge in [-0.1, -0.05) is 109 Å². The number of rotatable bonds is 7. The van der Waals surface area contributed by atoms with Gasteiger partial charge < -0.3 is 24.4 Å². The highest BCUT2D eigenvalue weighted by Crippen LogP contribution is 2.55. The zero-order valence-corrected chi connectivity index (χ0v) is 25.0. The third-order valence-corrected chi connectivity index (χ3v) is 8.68. The summed E-state index contributed by atoms with van der Waals surface area (Å²) in [6.07, 6.45) is 1.99. The second-order valence-electron chi connectivity index (χ2n) is 11.1. The fourth-order valence-corrected chi connectivity index (χ4v) is 6.38. The number of phenols is 1. The lowest BCUT2D eigenvalue weighted by Gasteiger charge is -2.43. The third kappa shape index (κ3) is 4.60. The number of fused-ring (bicyclic) bond motifs is 3. The zero-order chi connectivity index (χ0) is 31.0. The molecule has 0 fully saturated rings. The molecule has 0 unspecified atom stereocenters. The predicted molar refractivity (Wildman–Crippen MR) is 177 cm³/mol. The Kier molecular flexibility index (Phi) is 7.03. The van der Waals surface area contributed by atoms with Gasteiger partial charge in [-0.15, -0.1) is 0 Å². The molecule has 0 aliphatic carbocycles. The third-order valence-electron chi connectivity index (χ3n) is 8.68. The SMILES string of the molecule is COc1ccc(C2(c3ccc(OC)cc3)C=C(C(O)(c3ccccc3)c3ccccc3)c3cc(O)c4ccccc4c3O2)cc1. The number of benzene rings is 6. The fourth-order valence-electron chi connectivity index (χ4n) is 6.38. The first kappa shape index (κ1) is 28.3. The molecular formula is C40H32O5. The van der Waals surface area contributed by atoms with Crippen LogP contribution in [0.15, 0.2) is 146 Å². The molecule has 0 saturated carbocycles. The van der Waals surface area contributed by atoms with Crippen LogP contribution in [0.5, 0.6) is 23.0 Å². The van der Waals surface area contributed by atoms with Gasteiger partial charge in [-0.2, -0.15) is 0 Å². The first-order valence-electron chi connectivity index (χ1n) is 14.8. The van der Waals surface area contributed by atoms with Crippen LogP contribution in [0.3, 0.4) is 0 Å². The van der Waals surface area contributed by atoms with Gasteiger partial charge in [-0.05, 0) is 47.5 Å². The summed E-state index contributed by atoms with van der Waals surface area (Å²) in [5, 5.41) is 26.0. The van der Waals surface area contributed by atoms with Crippen LogP contribution in [0.1, 0.15) is 27.8 Å². The Morgan fingerprint density at radius 1 is 0.600 bits per heavy atom. The summed E-state index contributed by atoms with van der Waals surface area (Å²) in [4.78, 5) is 0. The smallest absolute Gasteiger partial charge is 0.178 e. The second kappa shape index (κ2) is 11.2. The van der Waals surface area contributed by atoms with Crippen LogP contribution >= 0.6 is 0 Å². The summed E-state index contributed by atoms with van der Waals surface area (Å²) < 4.78 is 18.2. The lowest BCUT2D eigenvalue weighted by Crippen LogP contribution is -2.39. The molecule has 1 aliphatic rings. The summed E-state index contributed by atoms with van der Waals surface area (Å²) in [5.41, 5.74) is 1.38. The van der Waals surface area contributed by atoms with Gasteiger partial charge in [0.15, 0.2) is 5.60 Å². The summed E-state index contributed by atoms with van der Waals surface area (Å²) in [6, 6.07) is 44.1. The molecule has 1 heterocycles. The van der Waals surface area contributed by atoms with Gasteiger partial charge in [0, 0.05) is 33.0 Å². The molecule has 0 spiro atoms. The standard InChI is InChI=1S/C40H32O5/c1-43-31-21-17-27(18-22-31)39(28-19-23-32(44-2)24-20-28)26-36(35-25-37(41)33-15-9-10-16-34(33)38(35)45-39)40(42,29-11-5-3-6-12-29)30-13-7-4-8-14-30/h3-26,41-42H,1-2H3. The average Bonchev–Trinajstić information content (AvgIpc) is 3.12. The van der Waals surface area contributed by atoms with Gasteiger partial charge >= 0.3 is 0 Å². The lowest BCUT2D eigenvalue weighted by molar-refractivity contribution is 0.128. The van der Waals surface area contributed by atoms with E-state index in [9.17, 15) is 10.2 Å². The second-order valence-corrected chi connectivity index (χ2v) is 11.1. The van der Waals surface area contributed by atoms with E-state index < -0.39 is 11.2 Å². The van der Waals surface area contributed by atoms with Gasteiger partial charge in [-0.25, -0.2) is 0 Å². The van der Waals surface area contributed by atoms with Crippen LogP contribution in [0.4, 0.5) is 0 Å². The molecule has 7 rings (SSSR count). The van der Waals surface area contributed by atoms with Crippen molar-refractivity contribution in [2.24, 2.45) is 0 Å². The highest BCUT2D eigenvalue weighted by atomic mass is 16.5. The number of ether oxygens (including phenoxy) is 3. The van der Waals surface area contributed by atoms with Crippen LogP contribution in [0.25, 0.3) is 16.3 Å². The van der Waals surface area contributed by atoms with Gasteiger partial charge in [0.2, 0.25) is 0 Å². The van der Waals surface area contributed by atoms with E-state index in [1.807, 2.05) is 140 Å². The average molecular weight is 593 g/mol. The van der Waals surface area contributed by atoms with Gasteiger partial charge in [0.25, 0.3) is 0 Å². The summed E-state index contributed by atoms with van der Waals surface area (Å²) in [6.45, 7) is 0. The number of hydrogen-bond acceptors (Lipinski definition) is 5. The maximum atomic E-state index is 13.2. The molecule has 5 heteroatoms. The molecule has 6 aromatic carbocycles. The molecule has 2 N–H and O–H groups in total. The van der Waals surface area contributed by atoms with Crippen molar-refractivity contribution >= 4 is 16.3 Å². The zero-order valence-electron chi connectivity index (χ0n) is 25.0. The molecular weight excluding hydrogens is 560 g/mol. The topological polar surface area (TPSA) is 68.2 Å². The number of aromatic hydroxyl groups is 1. The largest absolute Gasteiger partial charge is 0.507 e. The first-order valence-corrected chi connectivity index (χ1v) is 14.8. The first-order chi connectivity index (χ1) is 22.0. The van der Waals surface area contributed by atoms with E-state index in [1.165, 1.54) is 0 Å². The van der Waals surface area contributed by atoms with Crippen molar-refractivity contribution in [3.63, 3.8) is 0 Å². The van der Waals surface area contributed by atoms with E-state index in [1.54, 1.807) is 20.3 Å². The Bertz CT molecular complexity index is 1910. The summed E-state index contributed by atoms with van der Waals surface area (Å²) in [5.74, 6) is 2.08. The van der Waals surface area contributed by atoms with Crippen LogP contribution in [0.2, 0.25) is 0 Å². The Balaban J connectivity index is 1.63.